The Hall–Kier alpha value is -2.62. The minimum atomic E-state index is -1.10. The van der Waals surface area contributed by atoms with Gasteiger partial charge in [-0.05, 0) is 33.6 Å². The molecule has 0 radical (unpaired) electrons. The number of hydrazine groups is 1. The largest absolute Gasteiger partial charge is 0.465 e. The molecule has 0 spiro atoms. The van der Waals surface area contributed by atoms with Crippen molar-refractivity contribution in [3.8, 4) is 0 Å². The predicted octanol–water partition coefficient (Wildman–Crippen LogP) is 1.84. The number of amides is 3. The molecule has 1 atom stereocenters. The second-order valence-corrected chi connectivity index (χ2v) is 9.26. The normalized spacial score (nSPS) is 18.7. The minimum Gasteiger partial charge on any atom is -0.465 e. The minimum absolute atomic E-state index is 0.121. The van der Waals surface area contributed by atoms with Gasteiger partial charge in [0.25, 0.3) is 0 Å². The number of hydrogen-bond donors (Lipinski definition) is 1. The Morgan fingerprint density at radius 3 is 2.23 bits per heavy atom. The van der Waals surface area contributed by atoms with E-state index in [0.29, 0.717) is 38.5 Å². The van der Waals surface area contributed by atoms with Gasteiger partial charge in [-0.25, -0.2) is 24.1 Å². The summed E-state index contributed by atoms with van der Waals surface area (Å²) in [7, 11) is 0. The quantitative estimate of drug-likeness (QED) is 0.797. The zero-order valence-electron chi connectivity index (χ0n) is 18.6. The third-order valence-electron chi connectivity index (χ3n) is 5.74. The first-order chi connectivity index (χ1) is 13.9. The zero-order valence-corrected chi connectivity index (χ0v) is 18.6. The summed E-state index contributed by atoms with van der Waals surface area (Å²) in [6, 6.07) is -0.874. The van der Waals surface area contributed by atoms with Gasteiger partial charge in [0.05, 0.1) is 18.4 Å². The van der Waals surface area contributed by atoms with Crippen LogP contribution in [0.15, 0.2) is 6.20 Å². The lowest BCUT2D eigenvalue weighted by Gasteiger charge is -2.44. The summed E-state index contributed by atoms with van der Waals surface area (Å²) >= 11 is 0. The highest BCUT2D eigenvalue weighted by atomic mass is 16.4. The second-order valence-electron chi connectivity index (χ2n) is 9.26. The van der Waals surface area contributed by atoms with Crippen molar-refractivity contribution in [2.75, 3.05) is 26.2 Å². The number of nitrogens with zero attached hydrogens (tertiary/aromatic N) is 6. The Morgan fingerprint density at radius 2 is 1.77 bits per heavy atom. The van der Waals surface area contributed by atoms with Crippen LogP contribution in [-0.2, 0) is 11.3 Å². The van der Waals surface area contributed by atoms with Gasteiger partial charge in [0.1, 0.15) is 11.9 Å². The van der Waals surface area contributed by atoms with E-state index in [1.807, 2.05) is 18.9 Å². The van der Waals surface area contributed by atoms with Crippen molar-refractivity contribution >= 4 is 18.0 Å². The second kappa shape index (κ2) is 7.90. The number of aryl methyl sites for hydroxylation is 1. The monoisotopic (exact) mass is 420 g/mol. The average Bonchev–Trinajstić information content (AvgIpc) is 3.17. The Kier molecular flexibility index (Phi) is 5.81. The fourth-order valence-electron chi connectivity index (χ4n) is 4.28. The molecular weight excluding hydrogens is 388 g/mol. The van der Waals surface area contributed by atoms with Crippen molar-refractivity contribution in [2.45, 2.75) is 59.7 Å². The van der Waals surface area contributed by atoms with Crippen LogP contribution in [0, 0.1) is 12.8 Å². The highest BCUT2D eigenvalue weighted by molar-refractivity contribution is 5.86. The van der Waals surface area contributed by atoms with Crippen molar-refractivity contribution < 1.29 is 19.5 Å². The lowest BCUT2D eigenvalue weighted by molar-refractivity contribution is -0.144. The maximum atomic E-state index is 13.3. The number of imidazole rings is 1. The summed E-state index contributed by atoms with van der Waals surface area (Å²) in [4.78, 5) is 45.1. The number of aromatic nitrogens is 2. The van der Waals surface area contributed by atoms with E-state index in [2.05, 4.69) is 4.98 Å². The van der Waals surface area contributed by atoms with Crippen LogP contribution in [0.4, 0.5) is 9.59 Å². The SMILES string of the molecule is Cc1ncc2n1C(=O)N(N1CCN(C(=O)[C@@H](C(C)C)N(C(=O)O)C(C)(C)C)CC1)C2. The molecule has 166 valence electrons. The van der Waals surface area contributed by atoms with Gasteiger partial charge in [0, 0.05) is 31.7 Å². The van der Waals surface area contributed by atoms with Crippen molar-refractivity contribution in [2.24, 2.45) is 5.92 Å². The van der Waals surface area contributed by atoms with Crippen LogP contribution < -0.4 is 0 Å². The molecule has 1 saturated heterocycles. The highest BCUT2D eigenvalue weighted by Crippen LogP contribution is 2.25. The Bertz CT molecular complexity index is 835. The maximum Gasteiger partial charge on any atom is 0.408 e. The fraction of sp³-hybridized carbons (Fsp3) is 0.700. The van der Waals surface area contributed by atoms with Crippen LogP contribution in [0.2, 0.25) is 0 Å². The van der Waals surface area contributed by atoms with Gasteiger partial charge in [-0.3, -0.25) is 14.7 Å². The molecule has 1 aromatic heterocycles. The molecule has 0 saturated carbocycles. The molecule has 10 heteroatoms. The third-order valence-corrected chi connectivity index (χ3v) is 5.74. The van der Waals surface area contributed by atoms with E-state index in [1.54, 1.807) is 48.4 Å². The fourth-order valence-corrected chi connectivity index (χ4v) is 4.28. The number of carbonyl (C=O) groups is 3. The van der Waals surface area contributed by atoms with E-state index in [1.165, 1.54) is 4.90 Å². The number of hydrogen-bond acceptors (Lipinski definition) is 5. The molecule has 2 aliphatic rings. The van der Waals surface area contributed by atoms with Gasteiger partial charge in [-0.15, -0.1) is 0 Å². The molecule has 3 rings (SSSR count). The molecule has 10 nitrogen and oxygen atoms in total. The number of carbonyl (C=O) groups excluding carboxylic acids is 2. The third kappa shape index (κ3) is 3.88. The smallest absolute Gasteiger partial charge is 0.408 e. The van der Waals surface area contributed by atoms with Crippen molar-refractivity contribution in [1.82, 2.24) is 29.4 Å². The molecule has 30 heavy (non-hydrogen) atoms. The summed E-state index contributed by atoms with van der Waals surface area (Å²) in [5.74, 6) is 0.329. The maximum absolute atomic E-state index is 13.3. The van der Waals surface area contributed by atoms with E-state index in [-0.39, 0.29) is 17.9 Å². The summed E-state index contributed by atoms with van der Waals surface area (Å²) in [6.45, 7) is 13.3. The first kappa shape index (κ1) is 22.1. The van der Waals surface area contributed by atoms with Crippen molar-refractivity contribution in [3.63, 3.8) is 0 Å². The molecule has 0 aliphatic carbocycles. The number of rotatable bonds is 4. The summed E-state index contributed by atoms with van der Waals surface area (Å²) < 4.78 is 1.61. The topological polar surface area (TPSA) is 102 Å². The number of fused-ring (bicyclic) bond motifs is 1. The number of carboxylic acid groups (broad SMARTS) is 1. The van der Waals surface area contributed by atoms with E-state index < -0.39 is 17.7 Å². The van der Waals surface area contributed by atoms with Crippen LogP contribution in [-0.4, -0.2) is 90.3 Å². The lowest BCUT2D eigenvalue weighted by Crippen LogP contribution is -2.62. The zero-order chi connectivity index (χ0) is 22.4. The molecule has 1 fully saturated rings. The van der Waals surface area contributed by atoms with Gasteiger partial charge in [-0.1, -0.05) is 13.8 Å². The summed E-state index contributed by atoms with van der Waals surface area (Å²) in [5.41, 5.74) is 0.165. The molecule has 0 bridgehead atoms. The molecule has 1 N–H and O–H groups in total. The van der Waals surface area contributed by atoms with E-state index >= 15 is 0 Å². The highest BCUT2D eigenvalue weighted by Gasteiger charge is 2.42. The van der Waals surface area contributed by atoms with Gasteiger partial charge >= 0.3 is 12.1 Å². The summed E-state index contributed by atoms with van der Waals surface area (Å²) in [5, 5.41) is 13.4. The Morgan fingerprint density at radius 1 is 1.17 bits per heavy atom. The van der Waals surface area contributed by atoms with Gasteiger partial charge in [-0.2, -0.15) is 0 Å². The van der Waals surface area contributed by atoms with Gasteiger partial charge in [0.15, 0.2) is 0 Å². The van der Waals surface area contributed by atoms with Gasteiger partial charge < -0.3 is 10.0 Å². The van der Waals surface area contributed by atoms with E-state index in [0.717, 1.165) is 5.69 Å². The molecule has 3 heterocycles. The van der Waals surface area contributed by atoms with Gasteiger partial charge in [0.2, 0.25) is 5.91 Å². The summed E-state index contributed by atoms with van der Waals surface area (Å²) in [6.07, 6.45) is 0.620. The molecule has 0 unspecified atom stereocenters. The first-order valence-electron chi connectivity index (χ1n) is 10.3. The van der Waals surface area contributed by atoms with Crippen molar-refractivity contribution in [1.29, 1.82) is 0 Å². The molecule has 2 aliphatic heterocycles. The Balaban J connectivity index is 1.68. The molecule has 0 aromatic carbocycles. The van der Waals surface area contributed by atoms with Crippen molar-refractivity contribution in [3.05, 3.63) is 17.7 Å². The standard InChI is InChI=1S/C20H32N6O4/c1-13(2)16(26(19(29)30)20(4,5)6)17(27)22-7-9-23(10-8-22)24-12-15-11-21-14(3)25(15)18(24)28/h11,13,16H,7-10,12H2,1-6H3,(H,29,30)/t16-/m1/s1. The van der Waals surface area contributed by atoms with Crippen LogP contribution in [0.25, 0.3) is 0 Å². The first-order valence-corrected chi connectivity index (χ1v) is 10.3. The van der Waals surface area contributed by atoms with Crippen LogP contribution in [0.5, 0.6) is 0 Å². The Labute approximate surface area is 177 Å². The van der Waals surface area contributed by atoms with Crippen LogP contribution in [0.1, 0.15) is 46.1 Å². The lowest BCUT2D eigenvalue weighted by atomic mass is 9.95. The predicted molar refractivity (Wildman–Crippen MR) is 110 cm³/mol. The van der Waals surface area contributed by atoms with Crippen LogP contribution in [0.3, 0.4) is 0 Å². The molecule has 1 aromatic rings. The molecule has 3 amide bonds. The number of piperazine rings is 1. The van der Waals surface area contributed by atoms with Crippen LogP contribution >= 0.6 is 0 Å². The van der Waals surface area contributed by atoms with E-state index in [4.69, 9.17) is 0 Å². The molecular formula is C20H32N6O4. The average molecular weight is 421 g/mol. The van der Waals surface area contributed by atoms with E-state index in [9.17, 15) is 19.5 Å².